The molecule has 0 aliphatic rings. The van der Waals surface area contributed by atoms with Gasteiger partial charge in [0.2, 0.25) is 5.91 Å². The van der Waals surface area contributed by atoms with Crippen LogP contribution in [-0.4, -0.2) is 41.6 Å². The quantitative estimate of drug-likeness (QED) is 0.816. The van der Waals surface area contributed by atoms with E-state index >= 15 is 0 Å². The third-order valence-electron chi connectivity index (χ3n) is 2.76. The Hall–Kier alpha value is -2.04. The van der Waals surface area contributed by atoms with E-state index in [1.165, 1.54) is 24.1 Å². The van der Waals surface area contributed by atoms with Crippen molar-refractivity contribution < 1.29 is 19.4 Å². The molecule has 1 N–H and O–H groups in total. The molecule has 0 saturated carbocycles. The highest BCUT2D eigenvalue weighted by Crippen LogP contribution is 2.12. The Morgan fingerprint density at radius 2 is 1.84 bits per heavy atom. The van der Waals surface area contributed by atoms with Crippen LogP contribution < -0.4 is 0 Å². The molecule has 0 aliphatic heterocycles. The predicted molar refractivity (Wildman–Crippen MR) is 70.7 cm³/mol. The molecule has 0 radical (unpaired) electrons. The van der Waals surface area contributed by atoms with Gasteiger partial charge in [0.1, 0.15) is 12.3 Å². The van der Waals surface area contributed by atoms with Crippen molar-refractivity contribution in [2.45, 2.75) is 26.3 Å². The van der Waals surface area contributed by atoms with Crippen molar-refractivity contribution in [3.63, 3.8) is 0 Å². The monoisotopic (exact) mass is 265 g/mol. The van der Waals surface area contributed by atoms with E-state index < -0.39 is 5.97 Å². The van der Waals surface area contributed by atoms with Crippen LogP contribution in [0.15, 0.2) is 24.3 Å². The Bertz CT molecular complexity index is 439. The van der Waals surface area contributed by atoms with Crippen LogP contribution >= 0.6 is 0 Å². The molecule has 0 bridgehead atoms. The van der Waals surface area contributed by atoms with Gasteiger partial charge in [-0.05, 0) is 31.5 Å². The smallest absolute Gasteiger partial charge is 0.325 e. The molecular weight excluding hydrogens is 246 g/mol. The van der Waals surface area contributed by atoms with Crippen LogP contribution in [0.25, 0.3) is 0 Å². The molecule has 1 aromatic carbocycles. The summed E-state index contributed by atoms with van der Waals surface area (Å²) in [6.07, 6.45) is 0.190. The van der Waals surface area contributed by atoms with E-state index in [0.29, 0.717) is 0 Å². The van der Waals surface area contributed by atoms with Gasteiger partial charge < -0.3 is 14.7 Å². The van der Waals surface area contributed by atoms with Crippen LogP contribution in [0.4, 0.5) is 0 Å². The van der Waals surface area contributed by atoms with Gasteiger partial charge in [0, 0.05) is 6.04 Å². The number of methoxy groups -OCH3 is 1. The average Bonchev–Trinajstić information content (AvgIpc) is 2.37. The van der Waals surface area contributed by atoms with Crippen molar-refractivity contribution in [1.29, 1.82) is 0 Å². The fourth-order valence-corrected chi connectivity index (χ4v) is 1.65. The maximum absolute atomic E-state index is 12.1. The topological polar surface area (TPSA) is 66.8 Å². The molecule has 1 amide bonds. The lowest BCUT2D eigenvalue weighted by Crippen LogP contribution is -2.41. The summed E-state index contributed by atoms with van der Waals surface area (Å²) >= 11 is 0. The largest absolute Gasteiger partial charge is 0.508 e. The lowest BCUT2D eigenvalue weighted by atomic mass is 10.1. The zero-order valence-electron chi connectivity index (χ0n) is 11.4. The van der Waals surface area contributed by atoms with Crippen LogP contribution in [-0.2, 0) is 20.7 Å². The standard InChI is InChI=1S/C14H19NO4/c1-10(2)15(9-14(18)19-3)13(17)8-11-4-6-12(16)7-5-11/h4-7,10,16H,8-9H2,1-3H3. The number of rotatable bonds is 5. The van der Waals surface area contributed by atoms with Gasteiger partial charge in [-0.3, -0.25) is 9.59 Å². The number of esters is 1. The van der Waals surface area contributed by atoms with Crippen LogP contribution in [0.1, 0.15) is 19.4 Å². The van der Waals surface area contributed by atoms with Gasteiger partial charge in [-0.15, -0.1) is 0 Å². The maximum Gasteiger partial charge on any atom is 0.325 e. The molecule has 1 aromatic rings. The number of hydrogen-bond acceptors (Lipinski definition) is 4. The van der Waals surface area contributed by atoms with Crippen molar-refractivity contribution in [3.05, 3.63) is 29.8 Å². The number of benzene rings is 1. The minimum Gasteiger partial charge on any atom is -0.508 e. The Labute approximate surface area is 112 Å². The van der Waals surface area contributed by atoms with Crippen LogP contribution in [0.5, 0.6) is 5.75 Å². The van der Waals surface area contributed by atoms with Gasteiger partial charge >= 0.3 is 5.97 Å². The van der Waals surface area contributed by atoms with Crippen molar-refractivity contribution in [2.24, 2.45) is 0 Å². The number of aromatic hydroxyl groups is 1. The molecule has 104 valence electrons. The fourth-order valence-electron chi connectivity index (χ4n) is 1.65. The molecule has 0 fully saturated rings. The van der Waals surface area contributed by atoms with E-state index in [9.17, 15) is 14.7 Å². The van der Waals surface area contributed by atoms with Crippen LogP contribution in [0.3, 0.4) is 0 Å². The minimum atomic E-state index is -0.437. The lowest BCUT2D eigenvalue weighted by molar-refractivity contribution is -0.148. The van der Waals surface area contributed by atoms with Crippen molar-refractivity contribution in [1.82, 2.24) is 4.90 Å². The third-order valence-corrected chi connectivity index (χ3v) is 2.76. The Balaban J connectivity index is 2.71. The van der Waals surface area contributed by atoms with E-state index in [2.05, 4.69) is 4.74 Å². The van der Waals surface area contributed by atoms with Crippen molar-refractivity contribution in [2.75, 3.05) is 13.7 Å². The van der Waals surface area contributed by atoms with Gasteiger partial charge in [0.05, 0.1) is 13.5 Å². The number of amides is 1. The van der Waals surface area contributed by atoms with Crippen LogP contribution in [0, 0.1) is 0 Å². The van der Waals surface area contributed by atoms with E-state index in [0.717, 1.165) is 5.56 Å². The first kappa shape index (κ1) is 15.0. The minimum absolute atomic E-state index is 0.0505. The van der Waals surface area contributed by atoms with E-state index in [1.54, 1.807) is 12.1 Å². The van der Waals surface area contributed by atoms with Crippen molar-refractivity contribution in [3.8, 4) is 5.75 Å². The summed E-state index contributed by atoms with van der Waals surface area (Å²) < 4.78 is 4.58. The van der Waals surface area contributed by atoms with Gasteiger partial charge in [-0.25, -0.2) is 0 Å². The number of phenols is 1. The molecule has 0 aliphatic carbocycles. The zero-order valence-corrected chi connectivity index (χ0v) is 11.4. The Morgan fingerprint density at radius 3 is 2.32 bits per heavy atom. The first-order valence-corrected chi connectivity index (χ1v) is 6.08. The second kappa shape index (κ2) is 6.78. The average molecular weight is 265 g/mol. The van der Waals surface area contributed by atoms with E-state index in [4.69, 9.17) is 0 Å². The summed E-state index contributed by atoms with van der Waals surface area (Å²) in [6.45, 7) is 3.64. The second-order valence-electron chi connectivity index (χ2n) is 4.53. The molecule has 1 rings (SSSR count). The second-order valence-corrected chi connectivity index (χ2v) is 4.53. The highest BCUT2D eigenvalue weighted by atomic mass is 16.5. The van der Waals surface area contributed by atoms with Crippen molar-refractivity contribution >= 4 is 11.9 Å². The van der Waals surface area contributed by atoms with Gasteiger partial charge in [0.25, 0.3) is 0 Å². The SMILES string of the molecule is COC(=O)CN(C(=O)Cc1ccc(O)cc1)C(C)C. The highest BCUT2D eigenvalue weighted by molar-refractivity contribution is 5.83. The summed E-state index contributed by atoms with van der Waals surface area (Å²) in [5.41, 5.74) is 0.790. The number of phenolic OH excluding ortho intramolecular Hbond substituents is 1. The summed E-state index contributed by atoms with van der Waals surface area (Å²) in [5, 5.41) is 9.18. The fraction of sp³-hybridized carbons (Fsp3) is 0.429. The lowest BCUT2D eigenvalue weighted by Gasteiger charge is -2.25. The molecule has 0 spiro atoms. The predicted octanol–water partition coefficient (Wildman–Crippen LogP) is 1.34. The molecule has 0 heterocycles. The van der Waals surface area contributed by atoms with Gasteiger partial charge in [-0.2, -0.15) is 0 Å². The molecule has 19 heavy (non-hydrogen) atoms. The summed E-state index contributed by atoms with van der Waals surface area (Å²) in [5.74, 6) is -0.426. The normalized spacial score (nSPS) is 10.3. The Kier molecular flexibility index (Phi) is 5.36. The summed E-state index contributed by atoms with van der Waals surface area (Å²) in [6, 6.07) is 6.35. The molecule has 0 saturated heterocycles. The molecule has 5 heteroatoms. The van der Waals surface area contributed by atoms with E-state index in [-0.39, 0.29) is 30.7 Å². The Morgan fingerprint density at radius 1 is 1.26 bits per heavy atom. The van der Waals surface area contributed by atoms with E-state index in [1.807, 2.05) is 13.8 Å². The number of carbonyl (C=O) groups is 2. The highest BCUT2D eigenvalue weighted by Gasteiger charge is 2.20. The summed E-state index contributed by atoms with van der Waals surface area (Å²) in [4.78, 5) is 24.9. The number of ether oxygens (including phenoxy) is 1. The molecule has 5 nitrogen and oxygen atoms in total. The molecule has 0 aromatic heterocycles. The number of nitrogens with zero attached hydrogens (tertiary/aromatic N) is 1. The van der Waals surface area contributed by atoms with Gasteiger partial charge in [0.15, 0.2) is 0 Å². The first-order chi connectivity index (χ1) is 8.93. The zero-order chi connectivity index (χ0) is 14.4. The molecular formula is C14H19NO4. The third kappa shape index (κ3) is 4.62. The molecule has 0 atom stereocenters. The van der Waals surface area contributed by atoms with Crippen LogP contribution in [0.2, 0.25) is 0 Å². The summed E-state index contributed by atoms with van der Waals surface area (Å²) in [7, 11) is 1.30. The first-order valence-electron chi connectivity index (χ1n) is 6.08. The van der Waals surface area contributed by atoms with Gasteiger partial charge in [-0.1, -0.05) is 12.1 Å². The number of carbonyl (C=O) groups excluding carboxylic acids is 2. The number of hydrogen-bond donors (Lipinski definition) is 1. The molecule has 0 unspecified atom stereocenters. The maximum atomic E-state index is 12.1.